The summed E-state index contributed by atoms with van der Waals surface area (Å²) in [4.78, 5) is 23.8. The lowest BCUT2D eigenvalue weighted by atomic mass is 9.86. The highest BCUT2D eigenvalue weighted by atomic mass is 35.5. The zero-order valence-electron chi connectivity index (χ0n) is 36.4. The van der Waals surface area contributed by atoms with Crippen molar-refractivity contribution in [3.8, 4) is 45.5 Å². The summed E-state index contributed by atoms with van der Waals surface area (Å²) in [6, 6.07) is 14.4. The predicted octanol–water partition coefficient (Wildman–Crippen LogP) is 8.29. The number of methoxy groups -OCH3 is 4. The van der Waals surface area contributed by atoms with Crippen LogP contribution in [0.4, 0.5) is 38.0 Å². The van der Waals surface area contributed by atoms with E-state index in [9.17, 15) is 31.1 Å². The van der Waals surface area contributed by atoms with Gasteiger partial charge in [0.25, 0.3) is 0 Å². The van der Waals surface area contributed by atoms with Crippen molar-refractivity contribution >= 4 is 30.5 Å². The number of nitrogens with zero attached hydrogens (tertiary/aromatic N) is 7. The first-order chi connectivity index (χ1) is 31.7. The molecule has 0 aliphatic carbocycles. The molecule has 1 saturated heterocycles. The molecule has 22 heteroatoms. The minimum Gasteiger partial charge on any atom is -0.493 e. The monoisotopic (exact) mass is 954 g/mol. The van der Waals surface area contributed by atoms with Gasteiger partial charge in [-0.1, -0.05) is 12.1 Å². The van der Waals surface area contributed by atoms with E-state index in [0.29, 0.717) is 69.6 Å². The molecule has 0 radical (unpaired) electrons. The van der Waals surface area contributed by atoms with Gasteiger partial charge in [-0.2, -0.15) is 36.5 Å². The highest BCUT2D eigenvalue weighted by Gasteiger charge is 2.49. The third-order valence-corrected chi connectivity index (χ3v) is 12.5. The number of amides is 1. The molecule has 9 rings (SSSR count). The number of piperazine rings is 1. The third kappa shape index (κ3) is 8.49. The highest BCUT2D eigenvalue weighted by molar-refractivity contribution is 5.85. The topological polar surface area (TPSA) is 155 Å². The molecule has 15 nitrogen and oxygen atoms in total. The van der Waals surface area contributed by atoms with Crippen molar-refractivity contribution in [2.75, 3.05) is 58.7 Å². The fraction of sp³-hybridized carbons (Fsp3) is 0.356. The molecule has 0 unspecified atom stereocenters. The van der Waals surface area contributed by atoms with Crippen LogP contribution in [-0.4, -0.2) is 101 Å². The van der Waals surface area contributed by atoms with E-state index in [1.807, 2.05) is 0 Å². The first-order valence-corrected chi connectivity index (χ1v) is 20.8. The number of rotatable bonds is 11. The Hall–Kier alpha value is -6.74. The zero-order chi connectivity index (χ0) is 46.5. The van der Waals surface area contributed by atoms with Crippen LogP contribution in [0.25, 0.3) is 22.5 Å². The summed E-state index contributed by atoms with van der Waals surface area (Å²) < 4.78 is 111. The van der Waals surface area contributed by atoms with E-state index in [1.54, 1.807) is 65.6 Å². The Kier molecular flexibility index (Phi) is 12.7. The van der Waals surface area contributed by atoms with E-state index in [2.05, 4.69) is 26.1 Å². The molecule has 3 aliphatic heterocycles. The van der Waals surface area contributed by atoms with Gasteiger partial charge in [-0.15, -0.1) is 12.4 Å². The zero-order valence-corrected chi connectivity index (χ0v) is 37.2. The SMILES string of the molecule is COc1ccc([C@@H]2C[C@H](C(F)(F)F)n3nc(-c4ccc(C5(c6ccc(-c7cc8n(n7)[C@@H](C(F)(F)F)C[C@@H](c7ccc(OC)c(OC)c7)N8)cn6)CNCCN5C=O)nc4)cc3N2)cc1OC.Cl. The number of halogens is 7. The van der Waals surface area contributed by atoms with Gasteiger partial charge in [-0.3, -0.25) is 14.8 Å². The quantitative estimate of drug-likeness (QED) is 0.0846. The van der Waals surface area contributed by atoms with Gasteiger partial charge in [-0.05, 0) is 59.7 Å². The molecule has 3 aliphatic rings. The Labute approximate surface area is 386 Å². The second-order valence-corrected chi connectivity index (χ2v) is 16.1. The number of aromatic nitrogens is 6. The van der Waals surface area contributed by atoms with Crippen LogP contribution < -0.4 is 34.9 Å². The van der Waals surface area contributed by atoms with Gasteiger partial charge in [0.05, 0.1) is 63.3 Å². The Morgan fingerprint density at radius 1 is 0.642 bits per heavy atom. The molecule has 67 heavy (non-hydrogen) atoms. The van der Waals surface area contributed by atoms with Gasteiger partial charge in [0, 0.05) is 68.1 Å². The normalized spacial score (nSPS) is 20.0. The van der Waals surface area contributed by atoms with Crippen LogP contribution in [-0.2, 0) is 10.3 Å². The number of ether oxygens (including phenoxy) is 4. The molecular formula is C45H45ClF6N10O5. The molecule has 0 bridgehead atoms. The smallest absolute Gasteiger partial charge is 0.410 e. The summed E-state index contributed by atoms with van der Waals surface area (Å²) in [5, 5.41) is 18.5. The van der Waals surface area contributed by atoms with Crippen molar-refractivity contribution in [1.82, 2.24) is 39.7 Å². The summed E-state index contributed by atoms with van der Waals surface area (Å²) >= 11 is 0. The minimum absolute atomic E-state index is 0. The molecule has 7 heterocycles. The molecule has 0 spiro atoms. The number of alkyl halides is 6. The van der Waals surface area contributed by atoms with E-state index in [-0.39, 0.29) is 61.4 Å². The van der Waals surface area contributed by atoms with Crippen LogP contribution in [0.2, 0.25) is 0 Å². The second-order valence-electron chi connectivity index (χ2n) is 16.1. The van der Waals surface area contributed by atoms with E-state index in [4.69, 9.17) is 28.9 Å². The number of fused-ring (bicyclic) bond motifs is 2. The minimum atomic E-state index is -4.62. The van der Waals surface area contributed by atoms with Gasteiger partial charge in [0.1, 0.15) is 17.2 Å². The number of anilines is 2. The molecule has 1 fully saturated rings. The van der Waals surface area contributed by atoms with Crippen molar-refractivity contribution < 1.29 is 50.1 Å². The molecule has 3 N–H and O–H groups in total. The van der Waals surface area contributed by atoms with Crippen molar-refractivity contribution in [3.63, 3.8) is 0 Å². The molecule has 0 saturated carbocycles. The first-order valence-electron chi connectivity index (χ1n) is 20.8. The Morgan fingerprint density at radius 3 is 1.46 bits per heavy atom. The van der Waals surface area contributed by atoms with Crippen LogP contribution in [0.15, 0.2) is 85.2 Å². The number of carbonyl (C=O) groups is 1. The van der Waals surface area contributed by atoms with Crippen LogP contribution in [0.1, 0.15) is 59.5 Å². The lowest BCUT2D eigenvalue weighted by Crippen LogP contribution is -2.59. The Balaban J connectivity index is 0.00000608. The summed E-state index contributed by atoms with van der Waals surface area (Å²) in [6.45, 7) is 0.965. The van der Waals surface area contributed by atoms with E-state index >= 15 is 0 Å². The standard InChI is InChI=1S/C45H44F6N10O5.ClH/c1-63-33-9-5-25(15-35(33)65-3)29-17-39(44(46,47)48)60-41(55-29)19-31(57-60)27-7-11-37(53-21-27)43(23-52-13-14-59(43)24-62)38-12-8-28(22-54-38)32-20-42-56-30(18-40(45(49,50)51)61(42)58-32)26-6-10-34(64-2)36(16-26)66-4;/h5-12,15-16,19-22,24,29-30,39-40,52,55-56H,13-14,17-18,23H2,1-4H3;1H/t29-,30-,39+,40+;/m0./s1. The summed E-state index contributed by atoms with van der Waals surface area (Å²) in [6.07, 6.45) is -6.22. The summed E-state index contributed by atoms with van der Waals surface area (Å²) in [5.41, 5.74) is 2.05. The maximum absolute atomic E-state index is 14.6. The van der Waals surface area contributed by atoms with Gasteiger partial charge < -0.3 is 39.8 Å². The van der Waals surface area contributed by atoms with Crippen LogP contribution in [0.3, 0.4) is 0 Å². The molecule has 1 amide bonds. The predicted molar refractivity (Wildman–Crippen MR) is 236 cm³/mol. The number of carbonyl (C=O) groups excluding carboxylic acids is 1. The lowest BCUT2D eigenvalue weighted by Gasteiger charge is -2.44. The van der Waals surface area contributed by atoms with E-state index in [0.717, 1.165) is 9.36 Å². The molecule has 354 valence electrons. The van der Waals surface area contributed by atoms with Crippen LogP contribution in [0.5, 0.6) is 23.0 Å². The molecule has 4 atom stereocenters. The van der Waals surface area contributed by atoms with E-state index < -0.39 is 42.1 Å². The second kappa shape index (κ2) is 18.2. The average Bonchev–Trinajstić information content (AvgIpc) is 3.97. The van der Waals surface area contributed by atoms with E-state index in [1.165, 1.54) is 53.0 Å². The Bertz CT molecular complexity index is 2560. The number of nitrogens with one attached hydrogen (secondary N) is 3. The summed E-state index contributed by atoms with van der Waals surface area (Å²) in [5.74, 6) is 1.98. The average molecular weight is 955 g/mol. The van der Waals surface area contributed by atoms with Crippen molar-refractivity contribution in [1.29, 1.82) is 0 Å². The van der Waals surface area contributed by atoms with Gasteiger partial charge >= 0.3 is 12.4 Å². The van der Waals surface area contributed by atoms with Crippen molar-refractivity contribution in [2.24, 2.45) is 0 Å². The fourth-order valence-electron chi connectivity index (χ4n) is 9.10. The van der Waals surface area contributed by atoms with Gasteiger partial charge in [-0.25, -0.2) is 9.36 Å². The molecular weight excluding hydrogens is 910 g/mol. The number of hydrogen-bond donors (Lipinski definition) is 3. The molecule has 6 aromatic rings. The molecule has 2 aromatic carbocycles. The van der Waals surface area contributed by atoms with Crippen LogP contribution >= 0.6 is 12.4 Å². The third-order valence-electron chi connectivity index (χ3n) is 12.5. The number of benzene rings is 2. The number of pyridine rings is 2. The maximum atomic E-state index is 14.6. The maximum Gasteiger partial charge on any atom is 0.410 e. The van der Waals surface area contributed by atoms with Gasteiger partial charge in [0.15, 0.2) is 35.1 Å². The van der Waals surface area contributed by atoms with Crippen molar-refractivity contribution in [2.45, 2.75) is 54.9 Å². The van der Waals surface area contributed by atoms with Crippen LogP contribution in [0, 0.1) is 0 Å². The highest BCUT2D eigenvalue weighted by Crippen LogP contribution is 2.48. The molecule has 4 aromatic heterocycles. The van der Waals surface area contributed by atoms with Gasteiger partial charge in [0.2, 0.25) is 6.41 Å². The Morgan fingerprint density at radius 2 is 1.09 bits per heavy atom. The number of hydrogen-bond acceptors (Lipinski definition) is 12. The van der Waals surface area contributed by atoms with Crippen molar-refractivity contribution in [3.05, 3.63) is 108 Å². The lowest BCUT2D eigenvalue weighted by molar-refractivity contribution is -0.174. The largest absolute Gasteiger partial charge is 0.493 e. The first kappa shape index (κ1) is 46.8. The summed E-state index contributed by atoms with van der Waals surface area (Å²) in [7, 11) is 5.86. The fourth-order valence-corrected chi connectivity index (χ4v) is 9.10.